The van der Waals surface area contributed by atoms with Crippen LogP contribution in [0.1, 0.15) is 36.4 Å². The first-order valence-corrected chi connectivity index (χ1v) is 6.97. The van der Waals surface area contributed by atoms with Crippen molar-refractivity contribution in [2.24, 2.45) is 0 Å². The average Bonchev–Trinajstić information content (AvgIpc) is 2.87. The van der Waals surface area contributed by atoms with E-state index < -0.39 is 5.82 Å². The molecule has 0 aliphatic heterocycles. The molecule has 1 aromatic carbocycles. The highest BCUT2D eigenvalue weighted by molar-refractivity contribution is 6.30. The van der Waals surface area contributed by atoms with Crippen molar-refractivity contribution in [3.8, 4) is 11.8 Å². The second-order valence-corrected chi connectivity index (χ2v) is 5.42. The fraction of sp³-hybridized carbons (Fsp3) is 0.333. The van der Waals surface area contributed by atoms with Crippen molar-refractivity contribution in [2.45, 2.75) is 31.6 Å². The minimum atomic E-state index is -0.432. The molecule has 1 aromatic heterocycles. The number of hydrogen-bond acceptors (Lipinski definition) is 2. The van der Waals surface area contributed by atoms with Crippen LogP contribution >= 0.6 is 11.6 Å². The van der Waals surface area contributed by atoms with E-state index in [9.17, 15) is 4.39 Å². The highest BCUT2D eigenvalue weighted by Gasteiger charge is 2.24. The molecule has 0 fully saturated rings. The zero-order valence-corrected chi connectivity index (χ0v) is 11.6. The van der Waals surface area contributed by atoms with Gasteiger partial charge in [-0.25, -0.2) is 9.07 Å². The molecule has 1 heterocycles. The van der Waals surface area contributed by atoms with Gasteiger partial charge in [-0.05, 0) is 43.0 Å². The zero-order chi connectivity index (χ0) is 14.1. The van der Waals surface area contributed by atoms with E-state index in [2.05, 4.69) is 11.2 Å². The van der Waals surface area contributed by atoms with E-state index in [0.29, 0.717) is 6.42 Å². The summed E-state index contributed by atoms with van der Waals surface area (Å²) >= 11 is 5.83. The number of nitrogens with zero attached hydrogens (tertiary/aromatic N) is 3. The summed E-state index contributed by atoms with van der Waals surface area (Å²) < 4.78 is 15.1. The van der Waals surface area contributed by atoms with Gasteiger partial charge in [-0.15, -0.1) is 0 Å². The lowest BCUT2D eigenvalue weighted by Gasteiger charge is -2.21. The smallest absolute Gasteiger partial charge is 0.141 e. The number of fused-ring (bicyclic) bond motifs is 1. The molecule has 102 valence electrons. The van der Waals surface area contributed by atoms with Crippen molar-refractivity contribution < 1.29 is 4.39 Å². The minimum Gasteiger partial charge on any atom is -0.237 e. The Hall–Kier alpha value is -1.86. The number of rotatable bonds is 2. The molecule has 0 bridgehead atoms. The molecular formula is C15H13ClFN3. The number of nitriles is 1. The maximum atomic E-state index is 13.2. The van der Waals surface area contributed by atoms with Crippen LogP contribution in [0.4, 0.5) is 4.39 Å². The van der Waals surface area contributed by atoms with Gasteiger partial charge in [0, 0.05) is 18.0 Å². The third-order valence-electron chi connectivity index (χ3n) is 3.79. The van der Waals surface area contributed by atoms with Gasteiger partial charge in [-0.1, -0.05) is 11.6 Å². The second-order valence-electron chi connectivity index (χ2n) is 5.01. The SMILES string of the molecule is N#CCC1CCCc2c1cnn2-c1ccc(F)c(Cl)c1. The Morgan fingerprint density at radius 2 is 2.35 bits per heavy atom. The molecule has 1 aliphatic carbocycles. The van der Waals surface area contributed by atoms with E-state index in [1.54, 1.807) is 12.1 Å². The van der Waals surface area contributed by atoms with Gasteiger partial charge in [-0.2, -0.15) is 10.4 Å². The molecule has 0 radical (unpaired) electrons. The third-order valence-corrected chi connectivity index (χ3v) is 4.08. The highest BCUT2D eigenvalue weighted by atomic mass is 35.5. The van der Waals surface area contributed by atoms with Gasteiger partial charge < -0.3 is 0 Å². The predicted octanol–water partition coefficient (Wildman–Crippen LogP) is 4.00. The Bertz CT molecular complexity index is 687. The number of aromatic nitrogens is 2. The van der Waals surface area contributed by atoms with Crippen molar-refractivity contribution in [1.82, 2.24) is 9.78 Å². The van der Waals surface area contributed by atoms with E-state index in [1.165, 1.54) is 6.07 Å². The van der Waals surface area contributed by atoms with Crippen molar-refractivity contribution in [2.75, 3.05) is 0 Å². The Morgan fingerprint density at radius 3 is 3.10 bits per heavy atom. The van der Waals surface area contributed by atoms with E-state index in [-0.39, 0.29) is 10.9 Å². The molecule has 3 nitrogen and oxygen atoms in total. The van der Waals surface area contributed by atoms with Crippen molar-refractivity contribution in [3.63, 3.8) is 0 Å². The molecule has 20 heavy (non-hydrogen) atoms. The summed E-state index contributed by atoms with van der Waals surface area (Å²) in [5, 5.41) is 13.4. The molecule has 1 aliphatic rings. The van der Waals surface area contributed by atoms with Gasteiger partial charge in [0.05, 0.1) is 23.0 Å². The summed E-state index contributed by atoms with van der Waals surface area (Å²) in [4.78, 5) is 0. The first-order chi connectivity index (χ1) is 9.70. The lowest BCUT2D eigenvalue weighted by molar-refractivity contribution is 0.550. The average molecular weight is 290 g/mol. The van der Waals surface area contributed by atoms with Crippen molar-refractivity contribution in [3.05, 3.63) is 46.5 Å². The summed E-state index contributed by atoms with van der Waals surface area (Å²) in [5.74, 6) is -0.174. The molecule has 5 heteroatoms. The van der Waals surface area contributed by atoms with E-state index in [4.69, 9.17) is 16.9 Å². The largest absolute Gasteiger partial charge is 0.237 e. The summed E-state index contributed by atoms with van der Waals surface area (Å²) in [5.41, 5.74) is 3.01. The molecule has 3 rings (SSSR count). The van der Waals surface area contributed by atoms with Gasteiger partial charge in [0.15, 0.2) is 0 Å². The van der Waals surface area contributed by atoms with Crippen LogP contribution in [0.2, 0.25) is 5.02 Å². The monoisotopic (exact) mass is 289 g/mol. The normalized spacial score (nSPS) is 17.6. The van der Waals surface area contributed by atoms with Gasteiger partial charge in [0.2, 0.25) is 0 Å². The topological polar surface area (TPSA) is 41.6 Å². The highest BCUT2D eigenvalue weighted by Crippen LogP contribution is 2.35. The molecule has 0 spiro atoms. The molecule has 2 aromatic rings. The van der Waals surface area contributed by atoms with Crippen LogP contribution in [0.15, 0.2) is 24.4 Å². The maximum Gasteiger partial charge on any atom is 0.141 e. The number of hydrogen-bond donors (Lipinski definition) is 0. The van der Waals surface area contributed by atoms with Crippen LogP contribution in [0.5, 0.6) is 0 Å². The number of halogens is 2. The summed E-state index contributed by atoms with van der Waals surface area (Å²) in [6.45, 7) is 0. The molecule has 0 amide bonds. The van der Waals surface area contributed by atoms with E-state index in [0.717, 1.165) is 36.2 Å². The van der Waals surface area contributed by atoms with E-state index in [1.807, 2.05) is 10.9 Å². The fourth-order valence-corrected chi connectivity index (χ4v) is 2.99. The lowest BCUT2D eigenvalue weighted by atomic mass is 9.85. The van der Waals surface area contributed by atoms with Crippen LogP contribution in [0, 0.1) is 17.1 Å². The van der Waals surface area contributed by atoms with Gasteiger partial charge in [0.25, 0.3) is 0 Å². The van der Waals surface area contributed by atoms with Gasteiger partial charge in [-0.3, -0.25) is 0 Å². The first kappa shape index (κ1) is 13.1. The second kappa shape index (κ2) is 5.26. The fourth-order valence-electron chi connectivity index (χ4n) is 2.81. The van der Waals surface area contributed by atoms with Crippen LogP contribution in [0.3, 0.4) is 0 Å². The van der Waals surface area contributed by atoms with Gasteiger partial charge in [0.1, 0.15) is 5.82 Å². The minimum absolute atomic E-state index is 0.0936. The molecule has 1 atom stereocenters. The molecule has 0 N–H and O–H groups in total. The molecular weight excluding hydrogens is 277 g/mol. The molecule has 0 saturated carbocycles. The maximum absolute atomic E-state index is 13.2. The van der Waals surface area contributed by atoms with Crippen LogP contribution in [-0.4, -0.2) is 9.78 Å². The number of benzene rings is 1. The summed E-state index contributed by atoms with van der Waals surface area (Å²) in [7, 11) is 0. The first-order valence-electron chi connectivity index (χ1n) is 6.60. The van der Waals surface area contributed by atoms with Crippen LogP contribution in [0.25, 0.3) is 5.69 Å². The molecule has 0 saturated heterocycles. The Balaban J connectivity index is 2.04. The summed E-state index contributed by atoms with van der Waals surface area (Å²) in [6, 6.07) is 6.84. The summed E-state index contributed by atoms with van der Waals surface area (Å²) in [6.07, 6.45) is 5.33. The predicted molar refractivity (Wildman–Crippen MR) is 74.4 cm³/mol. The Morgan fingerprint density at radius 1 is 1.50 bits per heavy atom. The van der Waals surface area contributed by atoms with Crippen molar-refractivity contribution in [1.29, 1.82) is 5.26 Å². The lowest BCUT2D eigenvalue weighted by Crippen LogP contribution is -2.11. The molecule has 1 unspecified atom stereocenters. The van der Waals surface area contributed by atoms with Gasteiger partial charge >= 0.3 is 0 Å². The quantitative estimate of drug-likeness (QED) is 0.838. The van der Waals surface area contributed by atoms with Crippen LogP contribution in [-0.2, 0) is 6.42 Å². The van der Waals surface area contributed by atoms with Crippen LogP contribution < -0.4 is 0 Å². The standard InChI is InChI=1S/C15H13ClFN3/c16-13-8-11(4-5-14(13)17)20-15-3-1-2-10(6-7-18)12(15)9-19-20/h4-5,8-10H,1-3,6H2. The zero-order valence-electron chi connectivity index (χ0n) is 10.8. The third kappa shape index (κ3) is 2.19. The van der Waals surface area contributed by atoms with E-state index >= 15 is 0 Å². The Kier molecular flexibility index (Phi) is 3.45. The van der Waals surface area contributed by atoms with Crippen molar-refractivity contribution >= 4 is 11.6 Å². The Labute approximate surface area is 121 Å².